The van der Waals surface area contributed by atoms with Gasteiger partial charge < -0.3 is 18.6 Å². The van der Waals surface area contributed by atoms with Crippen molar-refractivity contribution in [1.29, 1.82) is 0 Å². The van der Waals surface area contributed by atoms with Crippen LogP contribution >= 0.6 is 15.9 Å². The molecule has 0 unspecified atom stereocenters. The van der Waals surface area contributed by atoms with Crippen molar-refractivity contribution in [2.75, 3.05) is 21.3 Å². The van der Waals surface area contributed by atoms with Crippen molar-refractivity contribution in [1.82, 2.24) is 0 Å². The lowest BCUT2D eigenvalue weighted by Crippen LogP contribution is -1.95. The molecule has 0 bridgehead atoms. The Morgan fingerprint density at radius 1 is 1.00 bits per heavy atom. The molecule has 0 saturated heterocycles. The predicted octanol–water partition coefficient (Wildman–Crippen LogP) is 3.73. The van der Waals surface area contributed by atoms with Crippen LogP contribution in [0, 0.1) is 0 Å². The quantitative estimate of drug-likeness (QED) is 0.862. The Morgan fingerprint density at radius 2 is 1.61 bits per heavy atom. The van der Waals surface area contributed by atoms with Gasteiger partial charge in [-0.05, 0) is 34.1 Å². The molecular formula is C13H13BrO4. The highest BCUT2D eigenvalue weighted by Crippen LogP contribution is 2.42. The maximum absolute atomic E-state index is 5.42. The summed E-state index contributed by atoms with van der Waals surface area (Å²) < 4.78 is 22.2. The largest absolute Gasteiger partial charge is 0.493 e. The van der Waals surface area contributed by atoms with Crippen molar-refractivity contribution >= 4 is 15.9 Å². The third kappa shape index (κ3) is 2.18. The number of halogens is 1. The molecule has 18 heavy (non-hydrogen) atoms. The molecule has 0 N–H and O–H groups in total. The van der Waals surface area contributed by atoms with E-state index in [1.54, 1.807) is 27.6 Å². The topological polar surface area (TPSA) is 40.8 Å². The summed E-state index contributed by atoms with van der Waals surface area (Å²) in [6.07, 6.45) is 1.61. The summed E-state index contributed by atoms with van der Waals surface area (Å²) >= 11 is 3.42. The zero-order chi connectivity index (χ0) is 13.1. The molecule has 0 spiro atoms. The minimum absolute atomic E-state index is 0.562. The maximum atomic E-state index is 5.42. The summed E-state index contributed by atoms with van der Waals surface area (Å²) in [5.41, 5.74) is 0.848. The van der Waals surface area contributed by atoms with E-state index >= 15 is 0 Å². The molecule has 2 rings (SSSR count). The van der Waals surface area contributed by atoms with Gasteiger partial charge in [0, 0.05) is 5.56 Å². The Labute approximate surface area is 114 Å². The first-order chi connectivity index (χ1) is 8.71. The fraction of sp³-hybridized carbons (Fsp3) is 0.231. The smallest absolute Gasteiger partial charge is 0.203 e. The molecule has 0 saturated carbocycles. The standard InChI is InChI=1S/C13H13BrO4/c1-15-10-6-8(12-9(14)4-5-18-12)7-11(16-2)13(10)17-3/h4-7H,1-3H3. The highest BCUT2D eigenvalue weighted by atomic mass is 79.9. The van der Waals surface area contributed by atoms with Crippen LogP contribution in [-0.2, 0) is 0 Å². The van der Waals surface area contributed by atoms with E-state index in [1.807, 2.05) is 18.2 Å². The van der Waals surface area contributed by atoms with Gasteiger partial charge in [0.2, 0.25) is 5.75 Å². The van der Waals surface area contributed by atoms with Crippen LogP contribution in [0.25, 0.3) is 11.3 Å². The number of furan rings is 1. The molecule has 0 aliphatic rings. The first-order valence-electron chi connectivity index (χ1n) is 5.24. The van der Waals surface area contributed by atoms with Crippen LogP contribution < -0.4 is 14.2 Å². The van der Waals surface area contributed by atoms with Crippen LogP contribution in [-0.4, -0.2) is 21.3 Å². The number of methoxy groups -OCH3 is 3. The van der Waals surface area contributed by atoms with Crippen LogP contribution in [0.1, 0.15) is 0 Å². The Bertz CT molecular complexity index is 523. The Morgan fingerprint density at radius 3 is 2.00 bits per heavy atom. The SMILES string of the molecule is COc1cc(-c2occc2Br)cc(OC)c1OC. The molecular weight excluding hydrogens is 300 g/mol. The lowest BCUT2D eigenvalue weighted by molar-refractivity contribution is 0.324. The molecule has 2 aromatic rings. The van der Waals surface area contributed by atoms with Gasteiger partial charge in [0.1, 0.15) is 5.76 Å². The van der Waals surface area contributed by atoms with Crippen LogP contribution in [0.4, 0.5) is 0 Å². The van der Waals surface area contributed by atoms with Gasteiger partial charge in [-0.2, -0.15) is 0 Å². The molecule has 0 fully saturated rings. The van der Waals surface area contributed by atoms with E-state index < -0.39 is 0 Å². The second-order valence-corrected chi connectivity index (χ2v) is 4.37. The number of ether oxygens (including phenoxy) is 3. The van der Waals surface area contributed by atoms with Crippen LogP contribution in [0.3, 0.4) is 0 Å². The molecule has 1 aromatic heterocycles. The number of rotatable bonds is 4. The summed E-state index contributed by atoms with van der Waals surface area (Å²) in [4.78, 5) is 0. The highest BCUT2D eigenvalue weighted by Gasteiger charge is 2.16. The van der Waals surface area contributed by atoms with E-state index in [2.05, 4.69) is 15.9 Å². The lowest BCUT2D eigenvalue weighted by atomic mass is 10.1. The van der Waals surface area contributed by atoms with Gasteiger partial charge >= 0.3 is 0 Å². The second-order valence-electron chi connectivity index (χ2n) is 3.51. The van der Waals surface area contributed by atoms with E-state index in [0.29, 0.717) is 23.0 Å². The monoisotopic (exact) mass is 312 g/mol. The summed E-state index contributed by atoms with van der Waals surface area (Å²) in [6.45, 7) is 0. The van der Waals surface area contributed by atoms with E-state index in [4.69, 9.17) is 18.6 Å². The van der Waals surface area contributed by atoms with Crippen molar-refractivity contribution in [2.45, 2.75) is 0 Å². The van der Waals surface area contributed by atoms with Crippen LogP contribution in [0.15, 0.2) is 33.4 Å². The molecule has 1 heterocycles. The van der Waals surface area contributed by atoms with Crippen LogP contribution in [0.2, 0.25) is 0 Å². The van der Waals surface area contributed by atoms with Gasteiger partial charge in [0.15, 0.2) is 11.5 Å². The molecule has 5 heteroatoms. The third-order valence-electron chi connectivity index (χ3n) is 2.54. The van der Waals surface area contributed by atoms with E-state index in [9.17, 15) is 0 Å². The minimum atomic E-state index is 0.562. The zero-order valence-corrected chi connectivity index (χ0v) is 11.9. The molecule has 0 amide bonds. The molecule has 96 valence electrons. The second kappa shape index (κ2) is 5.35. The number of benzene rings is 1. The molecule has 1 aromatic carbocycles. The summed E-state index contributed by atoms with van der Waals surface area (Å²) in [5, 5.41) is 0. The van der Waals surface area contributed by atoms with E-state index in [1.165, 1.54) is 0 Å². The average Bonchev–Trinajstić information content (AvgIpc) is 2.83. The van der Waals surface area contributed by atoms with Crippen molar-refractivity contribution in [3.63, 3.8) is 0 Å². The molecule has 0 radical (unpaired) electrons. The van der Waals surface area contributed by atoms with Crippen molar-refractivity contribution in [2.24, 2.45) is 0 Å². The minimum Gasteiger partial charge on any atom is -0.493 e. The predicted molar refractivity (Wildman–Crippen MR) is 71.5 cm³/mol. The summed E-state index contributed by atoms with van der Waals surface area (Å²) in [7, 11) is 4.74. The molecule has 0 aliphatic carbocycles. The van der Waals surface area contributed by atoms with Gasteiger partial charge in [-0.1, -0.05) is 0 Å². The first-order valence-corrected chi connectivity index (χ1v) is 6.04. The van der Waals surface area contributed by atoms with Crippen molar-refractivity contribution in [3.8, 4) is 28.6 Å². The number of hydrogen-bond acceptors (Lipinski definition) is 4. The summed E-state index contributed by atoms with van der Waals surface area (Å²) in [6, 6.07) is 5.51. The fourth-order valence-electron chi connectivity index (χ4n) is 1.71. The molecule has 4 nitrogen and oxygen atoms in total. The Hall–Kier alpha value is -1.62. The van der Waals surface area contributed by atoms with E-state index in [-0.39, 0.29) is 0 Å². The highest BCUT2D eigenvalue weighted by molar-refractivity contribution is 9.10. The Balaban J connectivity index is 2.60. The van der Waals surface area contributed by atoms with Gasteiger partial charge in [0.25, 0.3) is 0 Å². The number of hydrogen-bond donors (Lipinski definition) is 0. The van der Waals surface area contributed by atoms with Gasteiger partial charge in [-0.25, -0.2) is 0 Å². The van der Waals surface area contributed by atoms with Gasteiger partial charge in [-0.15, -0.1) is 0 Å². The van der Waals surface area contributed by atoms with Crippen LogP contribution in [0.5, 0.6) is 17.2 Å². The van der Waals surface area contributed by atoms with E-state index in [0.717, 1.165) is 10.0 Å². The Kier molecular flexibility index (Phi) is 3.81. The maximum Gasteiger partial charge on any atom is 0.203 e. The first kappa shape index (κ1) is 12.8. The average molecular weight is 313 g/mol. The molecule has 0 aliphatic heterocycles. The van der Waals surface area contributed by atoms with Crippen molar-refractivity contribution < 1.29 is 18.6 Å². The lowest BCUT2D eigenvalue weighted by Gasteiger charge is -2.13. The summed E-state index contributed by atoms with van der Waals surface area (Å²) in [5.74, 6) is 2.46. The zero-order valence-electron chi connectivity index (χ0n) is 10.3. The van der Waals surface area contributed by atoms with Gasteiger partial charge in [-0.3, -0.25) is 0 Å². The normalized spacial score (nSPS) is 10.2. The molecule has 0 atom stereocenters. The fourth-order valence-corrected chi connectivity index (χ4v) is 2.14. The van der Waals surface area contributed by atoms with Crippen molar-refractivity contribution in [3.05, 3.63) is 28.9 Å². The third-order valence-corrected chi connectivity index (χ3v) is 3.17. The van der Waals surface area contributed by atoms with Gasteiger partial charge in [0.05, 0.1) is 32.1 Å².